The van der Waals surface area contributed by atoms with Crippen LogP contribution in [0.3, 0.4) is 0 Å². The first kappa shape index (κ1) is 14.0. The van der Waals surface area contributed by atoms with Gasteiger partial charge in [0.05, 0.1) is 11.8 Å². The number of hydrazone groups is 1. The average molecular weight is 382 g/mol. The molecule has 0 aliphatic carbocycles. The lowest BCUT2D eigenvalue weighted by Gasteiger charge is -2.01. The van der Waals surface area contributed by atoms with E-state index in [1.165, 1.54) is 0 Å². The van der Waals surface area contributed by atoms with Gasteiger partial charge in [-0.1, -0.05) is 40.2 Å². The summed E-state index contributed by atoms with van der Waals surface area (Å²) in [5.74, 6) is -0.249. The summed E-state index contributed by atoms with van der Waals surface area (Å²) in [5.41, 5.74) is 3.96. The van der Waals surface area contributed by atoms with Crippen LogP contribution < -0.4 is 5.43 Å². The minimum Gasteiger partial charge on any atom is -0.267 e. The van der Waals surface area contributed by atoms with Crippen molar-refractivity contribution in [1.29, 1.82) is 0 Å². The summed E-state index contributed by atoms with van der Waals surface area (Å²) in [6, 6.07) is 14.8. The lowest BCUT2D eigenvalue weighted by Crippen LogP contribution is -2.18. The Morgan fingerprint density at radius 2 is 1.74 bits per heavy atom. The second-order valence-electron chi connectivity index (χ2n) is 3.73. The van der Waals surface area contributed by atoms with Gasteiger partial charge in [-0.15, -0.1) is 0 Å². The molecule has 2 aromatic carbocycles. The average Bonchev–Trinajstić information content (AvgIpc) is 2.41. The first-order chi connectivity index (χ1) is 9.16. The number of hydrogen-bond acceptors (Lipinski definition) is 2. The molecule has 0 aliphatic heterocycles. The van der Waals surface area contributed by atoms with Crippen LogP contribution in [0.15, 0.2) is 62.6 Å². The predicted octanol–water partition coefficient (Wildman–Crippen LogP) is 3.98. The van der Waals surface area contributed by atoms with Crippen molar-refractivity contribution in [3.8, 4) is 0 Å². The van der Waals surface area contributed by atoms with E-state index in [1.54, 1.807) is 18.3 Å². The SMILES string of the molecule is O=C(NN=Cc1ccc(Br)cc1)c1ccccc1Br. The van der Waals surface area contributed by atoms with Gasteiger partial charge in [0.2, 0.25) is 0 Å². The number of carbonyl (C=O) groups excluding carboxylic acids is 1. The topological polar surface area (TPSA) is 41.5 Å². The molecular weight excluding hydrogens is 372 g/mol. The monoisotopic (exact) mass is 380 g/mol. The van der Waals surface area contributed by atoms with Crippen molar-refractivity contribution < 1.29 is 4.79 Å². The highest BCUT2D eigenvalue weighted by Crippen LogP contribution is 2.15. The zero-order valence-electron chi connectivity index (χ0n) is 9.81. The van der Waals surface area contributed by atoms with Crippen molar-refractivity contribution in [3.63, 3.8) is 0 Å². The minimum absolute atomic E-state index is 0.249. The van der Waals surface area contributed by atoms with Gasteiger partial charge in [-0.25, -0.2) is 5.43 Å². The molecule has 2 rings (SSSR count). The van der Waals surface area contributed by atoms with Gasteiger partial charge in [0.15, 0.2) is 0 Å². The molecule has 1 N–H and O–H groups in total. The van der Waals surface area contributed by atoms with Crippen molar-refractivity contribution in [2.45, 2.75) is 0 Å². The van der Waals surface area contributed by atoms with E-state index in [4.69, 9.17) is 0 Å². The Labute approximate surface area is 128 Å². The van der Waals surface area contributed by atoms with E-state index in [0.717, 1.165) is 14.5 Å². The van der Waals surface area contributed by atoms with E-state index < -0.39 is 0 Å². The number of nitrogens with zero attached hydrogens (tertiary/aromatic N) is 1. The Morgan fingerprint density at radius 3 is 2.42 bits per heavy atom. The first-order valence-corrected chi connectivity index (χ1v) is 7.09. The number of halogens is 2. The molecule has 0 saturated heterocycles. The van der Waals surface area contributed by atoms with Gasteiger partial charge in [0.25, 0.3) is 5.91 Å². The zero-order chi connectivity index (χ0) is 13.7. The van der Waals surface area contributed by atoms with E-state index in [1.807, 2.05) is 36.4 Å². The molecule has 1 amide bonds. The Kier molecular flexibility index (Phi) is 4.87. The van der Waals surface area contributed by atoms with Crippen molar-refractivity contribution in [3.05, 3.63) is 68.6 Å². The van der Waals surface area contributed by atoms with Crippen LogP contribution in [0.2, 0.25) is 0 Å². The number of rotatable bonds is 3. The summed E-state index contributed by atoms with van der Waals surface area (Å²) in [6.07, 6.45) is 1.60. The molecule has 0 unspecified atom stereocenters. The molecule has 2 aromatic rings. The highest BCUT2D eigenvalue weighted by atomic mass is 79.9. The van der Waals surface area contributed by atoms with E-state index >= 15 is 0 Å². The van der Waals surface area contributed by atoms with Crippen molar-refractivity contribution in [2.75, 3.05) is 0 Å². The highest BCUT2D eigenvalue weighted by molar-refractivity contribution is 9.10. The molecule has 0 aliphatic rings. The maximum atomic E-state index is 11.8. The third-order valence-corrected chi connectivity index (χ3v) is 3.59. The lowest BCUT2D eigenvalue weighted by molar-refractivity contribution is 0.0954. The van der Waals surface area contributed by atoms with Crippen LogP contribution in [-0.4, -0.2) is 12.1 Å². The maximum absolute atomic E-state index is 11.8. The molecule has 0 atom stereocenters. The Bertz CT molecular complexity index is 609. The fraction of sp³-hybridized carbons (Fsp3) is 0. The molecule has 0 radical (unpaired) electrons. The van der Waals surface area contributed by atoms with Crippen molar-refractivity contribution in [2.24, 2.45) is 5.10 Å². The smallest absolute Gasteiger partial charge is 0.267 e. The summed E-state index contributed by atoms with van der Waals surface area (Å²) < 4.78 is 1.74. The third kappa shape index (κ3) is 4.01. The molecule has 0 aromatic heterocycles. The van der Waals surface area contributed by atoms with Crippen LogP contribution in [0.1, 0.15) is 15.9 Å². The summed E-state index contributed by atoms with van der Waals surface area (Å²) in [7, 11) is 0. The zero-order valence-corrected chi connectivity index (χ0v) is 13.0. The van der Waals surface area contributed by atoms with Crippen LogP contribution in [0.5, 0.6) is 0 Å². The van der Waals surface area contributed by atoms with Gasteiger partial charge >= 0.3 is 0 Å². The quantitative estimate of drug-likeness (QED) is 0.634. The van der Waals surface area contributed by atoms with Gasteiger partial charge in [-0.05, 0) is 45.8 Å². The molecule has 0 fully saturated rings. The number of carbonyl (C=O) groups is 1. The lowest BCUT2D eigenvalue weighted by atomic mass is 10.2. The predicted molar refractivity (Wildman–Crippen MR) is 83.3 cm³/mol. The highest BCUT2D eigenvalue weighted by Gasteiger charge is 2.07. The summed E-state index contributed by atoms with van der Waals surface area (Å²) in [4.78, 5) is 11.8. The van der Waals surface area contributed by atoms with Gasteiger partial charge in [-0.3, -0.25) is 4.79 Å². The molecule has 0 bridgehead atoms. The van der Waals surface area contributed by atoms with Crippen molar-refractivity contribution in [1.82, 2.24) is 5.43 Å². The Balaban J connectivity index is 2.01. The largest absolute Gasteiger partial charge is 0.272 e. The van der Waals surface area contributed by atoms with E-state index in [2.05, 4.69) is 42.4 Å². The summed E-state index contributed by atoms with van der Waals surface area (Å²) in [5, 5.41) is 3.93. The molecular formula is C14H10Br2N2O. The molecule has 96 valence electrons. The van der Waals surface area contributed by atoms with Crippen LogP contribution in [0, 0.1) is 0 Å². The number of amides is 1. The molecule has 3 nitrogen and oxygen atoms in total. The maximum Gasteiger partial charge on any atom is 0.272 e. The standard InChI is InChI=1S/C14H10Br2N2O/c15-11-7-5-10(6-8-11)9-17-18-14(19)12-3-1-2-4-13(12)16/h1-9H,(H,18,19). The van der Waals surface area contributed by atoms with E-state index in [-0.39, 0.29) is 5.91 Å². The van der Waals surface area contributed by atoms with Gasteiger partial charge in [0, 0.05) is 8.95 Å². The minimum atomic E-state index is -0.249. The van der Waals surface area contributed by atoms with E-state index in [9.17, 15) is 4.79 Å². The molecule has 0 saturated carbocycles. The molecule has 19 heavy (non-hydrogen) atoms. The number of nitrogens with one attached hydrogen (secondary N) is 1. The Morgan fingerprint density at radius 1 is 1.05 bits per heavy atom. The van der Waals surface area contributed by atoms with Gasteiger partial charge in [0.1, 0.15) is 0 Å². The Hall–Kier alpha value is -1.46. The second-order valence-corrected chi connectivity index (χ2v) is 5.50. The fourth-order valence-electron chi connectivity index (χ4n) is 1.42. The fourth-order valence-corrected chi connectivity index (χ4v) is 2.15. The number of benzene rings is 2. The summed E-state index contributed by atoms with van der Waals surface area (Å²) >= 11 is 6.68. The van der Waals surface area contributed by atoms with Crippen LogP contribution >= 0.6 is 31.9 Å². The third-order valence-electron chi connectivity index (χ3n) is 2.37. The van der Waals surface area contributed by atoms with Crippen LogP contribution in [0.4, 0.5) is 0 Å². The summed E-state index contributed by atoms with van der Waals surface area (Å²) in [6.45, 7) is 0. The normalized spacial score (nSPS) is 10.6. The molecule has 0 heterocycles. The molecule has 5 heteroatoms. The van der Waals surface area contributed by atoms with Gasteiger partial charge in [-0.2, -0.15) is 5.10 Å². The first-order valence-electron chi connectivity index (χ1n) is 5.50. The van der Waals surface area contributed by atoms with Crippen LogP contribution in [-0.2, 0) is 0 Å². The van der Waals surface area contributed by atoms with Gasteiger partial charge < -0.3 is 0 Å². The van der Waals surface area contributed by atoms with E-state index in [0.29, 0.717) is 5.56 Å². The number of hydrogen-bond donors (Lipinski definition) is 1. The van der Waals surface area contributed by atoms with Crippen molar-refractivity contribution >= 4 is 44.0 Å². The second kappa shape index (κ2) is 6.63. The molecule has 0 spiro atoms. The van der Waals surface area contributed by atoms with Crippen LogP contribution in [0.25, 0.3) is 0 Å².